The largest absolute Gasteiger partial charge is 0.392 e. The molecule has 2 aliphatic rings. The quantitative estimate of drug-likeness (QED) is 0.570. The summed E-state index contributed by atoms with van der Waals surface area (Å²) in [5.74, 6) is 0.322. The molecule has 62 valence electrons. The van der Waals surface area contributed by atoms with Crippen LogP contribution in [-0.2, 0) is 4.79 Å². The molecule has 2 heteroatoms. The fourth-order valence-electron chi connectivity index (χ4n) is 2.62. The number of aliphatic hydroxyl groups is 1. The zero-order valence-corrected chi connectivity index (χ0v) is 6.68. The van der Waals surface area contributed by atoms with Gasteiger partial charge in [-0.3, -0.25) is 4.79 Å². The summed E-state index contributed by atoms with van der Waals surface area (Å²) in [4.78, 5) is 11.4. The van der Waals surface area contributed by atoms with Gasteiger partial charge in [0.1, 0.15) is 5.78 Å². The minimum absolute atomic E-state index is 0.278. The van der Waals surface area contributed by atoms with Gasteiger partial charge < -0.3 is 5.11 Å². The number of Topliss-reactive ketones (excluding diaryl/α,β-unsaturated/α-hetero) is 1. The number of rotatable bonds is 0. The number of carbonyl (C=O) groups is 1. The number of aliphatic hydroxyl groups excluding tert-OH is 1. The highest BCUT2D eigenvalue weighted by Gasteiger charge is 2.49. The van der Waals surface area contributed by atoms with Gasteiger partial charge in [-0.25, -0.2) is 0 Å². The summed E-state index contributed by atoms with van der Waals surface area (Å²) in [6.45, 7) is 0. The third-order valence-electron chi connectivity index (χ3n) is 3.32. The first kappa shape index (κ1) is 7.29. The number of ketones is 1. The topological polar surface area (TPSA) is 37.3 Å². The summed E-state index contributed by atoms with van der Waals surface area (Å²) in [6.07, 6.45) is 5.13. The average Bonchev–Trinajstić information content (AvgIpc) is 2.48. The average molecular weight is 154 g/mol. The van der Waals surface area contributed by atoms with Gasteiger partial charge in [-0.2, -0.15) is 0 Å². The van der Waals surface area contributed by atoms with Crippen LogP contribution in [0.4, 0.5) is 0 Å². The Bertz CT molecular complexity index is 184. The molecule has 0 aliphatic heterocycles. The maximum absolute atomic E-state index is 11.4. The first-order valence-corrected chi connectivity index (χ1v) is 4.47. The Morgan fingerprint density at radius 3 is 2.55 bits per heavy atom. The van der Waals surface area contributed by atoms with Crippen molar-refractivity contribution in [2.24, 2.45) is 5.41 Å². The van der Waals surface area contributed by atoms with Crippen molar-refractivity contribution in [3.8, 4) is 0 Å². The molecule has 2 saturated carbocycles. The second-order valence-corrected chi connectivity index (χ2v) is 3.84. The Morgan fingerprint density at radius 2 is 2.09 bits per heavy atom. The van der Waals surface area contributed by atoms with Gasteiger partial charge in [0.05, 0.1) is 11.5 Å². The van der Waals surface area contributed by atoms with Gasteiger partial charge in [-0.1, -0.05) is 0 Å². The molecule has 0 aromatic carbocycles. The summed E-state index contributed by atoms with van der Waals surface area (Å²) in [6, 6.07) is 0. The van der Waals surface area contributed by atoms with Crippen molar-refractivity contribution >= 4 is 5.78 Å². The predicted molar refractivity (Wildman–Crippen MR) is 41.1 cm³/mol. The van der Waals surface area contributed by atoms with Gasteiger partial charge >= 0.3 is 0 Å². The van der Waals surface area contributed by atoms with Crippen LogP contribution in [0.15, 0.2) is 0 Å². The smallest absolute Gasteiger partial charge is 0.141 e. The van der Waals surface area contributed by atoms with Crippen molar-refractivity contribution in [3.05, 3.63) is 0 Å². The molecule has 0 saturated heterocycles. The molecule has 2 fully saturated rings. The highest BCUT2D eigenvalue weighted by molar-refractivity contribution is 5.87. The van der Waals surface area contributed by atoms with Crippen LogP contribution in [0.5, 0.6) is 0 Å². The summed E-state index contributed by atoms with van der Waals surface area (Å²) < 4.78 is 0. The van der Waals surface area contributed by atoms with E-state index in [9.17, 15) is 9.90 Å². The summed E-state index contributed by atoms with van der Waals surface area (Å²) in [5, 5.41) is 9.63. The van der Waals surface area contributed by atoms with Crippen LogP contribution in [0.2, 0.25) is 0 Å². The lowest BCUT2D eigenvalue weighted by atomic mass is 9.82. The summed E-state index contributed by atoms with van der Waals surface area (Å²) >= 11 is 0. The fourth-order valence-corrected chi connectivity index (χ4v) is 2.62. The molecular weight excluding hydrogens is 140 g/mol. The zero-order chi connectivity index (χ0) is 7.90. The molecule has 11 heavy (non-hydrogen) atoms. The molecule has 2 nitrogen and oxygen atoms in total. The molecule has 1 N–H and O–H groups in total. The molecule has 2 unspecified atom stereocenters. The van der Waals surface area contributed by atoms with Gasteiger partial charge in [0.15, 0.2) is 0 Å². The van der Waals surface area contributed by atoms with Crippen molar-refractivity contribution in [2.75, 3.05) is 0 Å². The first-order chi connectivity index (χ1) is 5.26. The van der Waals surface area contributed by atoms with E-state index in [2.05, 4.69) is 0 Å². The molecule has 0 aromatic rings. The molecule has 1 spiro atoms. The van der Waals surface area contributed by atoms with Crippen molar-refractivity contribution in [1.82, 2.24) is 0 Å². The van der Waals surface area contributed by atoms with Crippen LogP contribution in [0, 0.1) is 5.41 Å². The summed E-state index contributed by atoms with van der Waals surface area (Å²) in [7, 11) is 0. The Hall–Kier alpha value is -0.370. The van der Waals surface area contributed by atoms with Gasteiger partial charge in [0.2, 0.25) is 0 Å². The van der Waals surface area contributed by atoms with Gasteiger partial charge in [-0.15, -0.1) is 0 Å². The van der Waals surface area contributed by atoms with E-state index in [1.165, 1.54) is 0 Å². The van der Waals surface area contributed by atoms with E-state index in [1.807, 2.05) is 0 Å². The molecular formula is C9H14O2. The van der Waals surface area contributed by atoms with Crippen molar-refractivity contribution in [1.29, 1.82) is 0 Å². The monoisotopic (exact) mass is 154 g/mol. The minimum atomic E-state index is -0.322. The van der Waals surface area contributed by atoms with E-state index >= 15 is 0 Å². The number of carbonyl (C=O) groups excluding carboxylic acids is 1. The maximum Gasteiger partial charge on any atom is 0.141 e. The number of hydrogen-bond acceptors (Lipinski definition) is 2. The van der Waals surface area contributed by atoms with Crippen molar-refractivity contribution < 1.29 is 9.90 Å². The Balaban J connectivity index is 2.25. The SMILES string of the molecule is O=C1CCCC12CCCC2O. The van der Waals surface area contributed by atoms with E-state index in [4.69, 9.17) is 0 Å². The standard InChI is InChI=1S/C9H14O2/c10-7-3-1-5-9(7)6-2-4-8(9)11/h7,10H,1-6H2. The third-order valence-corrected chi connectivity index (χ3v) is 3.32. The minimum Gasteiger partial charge on any atom is -0.392 e. The second-order valence-electron chi connectivity index (χ2n) is 3.84. The third kappa shape index (κ3) is 0.853. The molecule has 2 atom stereocenters. The van der Waals surface area contributed by atoms with Crippen molar-refractivity contribution in [2.45, 2.75) is 44.6 Å². The Kier molecular flexibility index (Phi) is 1.53. The molecule has 0 amide bonds. The molecule has 0 bridgehead atoms. The van der Waals surface area contributed by atoms with Gasteiger partial charge in [-0.05, 0) is 32.1 Å². The molecule has 0 heterocycles. The Labute approximate surface area is 66.6 Å². The van der Waals surface area contributed by atoms with E-state index < -0.39 is 0 Å². The highest BCUT2D eigenvalue weighted by atomic mass is 16.3. The highest BCUT2D eigenvalue weighted by Crippen LogP contribution is 2.48. The van der Waals surface area contributed by atoms with Gasteiger partial charge in [0, 0.05) is 6.42 Å². The second kappa shape index (κ2) is 2.31. The van der Waals surface area contributed by atoms with E-state index in [1.54, 1.807) is 0 Å². The van der Waals surface area contributed by atoms with Crippen LogP contribution >= 0.6 is 0 Å². The lowest BCUT2D eigenvalue weighted by molar-refractivity contribution is -0.130. The molecule has 2 aliphatic carbocycles. The van der Waals surface area contributed by atoms with Crippen molar-refractivity contribution in [3.63, 3.8) is 0 Å². The Morgan fingerprint density at radius 1 is 1.36 bits per heavy atom. The van der Waals surface area contributed by atoms with Crippen LogP contribution in [0.25, 0.3) is 0 Å². The zero-order valence-electron chi connectivity index (χ0n) is 6.68. The maximum atomic E-state index is 11.4. The van der Waals surface area contributed by atoms with Crippen LogP contribution in [0.3, 0.4) is 0 Å². The van der Waals surface area contributed by atoms with Crippen LogP contribution in [-0.4, -0.2) is 17.0 Å². The van der Waals surface area contributed by atoms with Crippen LogP contribution in [0.1, 0.15) is 38.5 Å². The van der Waals surface area contributed by atoms with Crippen LogP contribution < -0.4 is 0 Å². The first-order valence-electron chi connectivity index (χ1n) is 4.47. The molecule has 0 radical (unpaired) electrons. The van der Waals surface area contributed by atoms with E-state index in [-0.39, 0.29) is 11.5 Å². The lowest BCUT2D eigenvalue weighted by Gasteiger charge is -2.24. The van der Waals surface area contributed by atoms with E-state index in [0.717, 1.165) is 32.1 Å². The number of hydrogen-bond donors (Lipinski definition) is 1. The molecule has 0 aromatic heterocycles. The summed E-state index contributed by atoms with van der Waals surface area (Å²) in [5.41, 5.74) is -0.278. The normalized spacial score (nSPS) is 44.1. The lowest BCUT2D eigenvalue weighted by Crippen LogP contribution is -2.33. The fraction of sp³-hybridized carbons (Fsp3) is 0.889. The van der Waals surface area contributed by atoms with E-state index in [0.29, 0.717) is 12.2 Å². The predicted octanol–water partition coefficient (Wildman–Crippen LogP) is 1.27. The van der Waals surface area contributed by atoms with Gasteiger partial charge in [0.25, 0.3) is 0 Å². The molecule has 2 rings (SSSR count).